The van der Waals surface area contributed by atoms with E-state index >= 15 is 0 Å². The molecule has 94 valence electrons. The van der Waals surface area contributed by atoms with Gasteiger partial charge in [0.05, 0.1) is 14.9 Å². The Hall–Kier alpha value is -0.740. The maximum Gasteiger partial charge on any atom is 0.261 e. The molecule has 0 aliphatic heterocycles. The van der Waals surface area contributed by atoms with E-state index in [1.54, 1.807) is 30.3 Å². The fourth-order valence-electron chi connectivity index (χ4n) is 1.50. The molecule has 0 saturated carbocycles. The Morgan fingerprint density at radius 1 is 0.833 bits per heavy atom. The maximum atomic E-state index is 11.3. The lowest BCUT2D eigenvalue weighted by atomic mass is 10.1. The van der Waals surface area contributed by atoms with Gasteiger partial charge in [-0.15, -0.1) is 0 Å². The summed E-state index contributed by atoms with van der Waals surface area (Å²) < 4.78 is 22.5. The molecule has 0 bridgehead atoms. The number of hydrogen-bond donors (Lipinski definition) is 0. The second kappa shape index (κ2) is 5.10. The Morgan fingerprint density at radius 2 is 1.50 bits per heavy atom. The zero-order chi connectivity index (χ0) is 13.3. The highest BCUT2D eigenvalue weighted by molar-refractivity contribution is 8.13. The van der Waals surface area contributed by atoms with E-state index < -0.39 is 9.05 Å². The second-order valence-corrected chi connectivity index (χ2v) is 6.97. The average Bonchev–Trinajstić information content (AvgIpc) is 2.32. The van der Waals surface area contributed by atoms with Gasteiger partial charge in [0.15, 0.2) is 0 Å². The second-order valence-electron chi connectivity index (χ2n) is 3.59. The highest BCUT2D eigenvalue weighted by Gasteiger charge is 2.11. The summed E-state index contributed by atoms with van der Waals surface area (Å²) in [6, 6.07) is 11.4. The zero-order valence-corrected chi connectivity index (χ0v) is 12.0. The summed E-state index contributed by atoms with van der Waals surface area (Å²) in [4.78, 5) is 0.0488. The van der Waals surface area contributed by atoms with E-state index in [9.17, 15) is 8.42 Å². The molecule has 0 N–H and O–H groups in total. The van der Waals surface area contributed by atoms with Gasteiger partial charge in [0, 0.05) is 10.7 Å². The van der Waals surface area contributed by atoms with E-state index in [0.717, 1.165) is 5.56 Å². The molecule has 2 aromatic carbocycles. The lowest BCUT2D eigenvalue weighted by Crippen LogP contribution is -1.90. The van der Waals surface area contributed by atoms with Crippen molar-refractivity contribution in [3.8, 4) is 11.1 Å². The van der Waals surface area contributed by atoms with Crippen LogP contribution in [0.1, 0.15) is 0 Å². The van der Waals surface area contributed by atoms with Crippen LogP contribution in [-0.4, -0.2) is 8.42 Å². The van der Waals surface area contributed by atoms with Crippen molar-refractivity contribution in [1.82, 2.24) is 0 Å². The normalized spacial score (nSPS) is 11.5. The molecule has 0 atom stereocenters. The van der Waals surface area contributed by atoms with Crippen LogP contribution in [0, 0.1) is 0 Å². The Kier molecular flexibility index (Phi) is 3.87. The number of hydrogen-bond acceptors (Lipinski definition) is 2. The predicted molar refractivity (Wildman–Crippen MR) is 74.9 cm³/mol. The van der Waals surface area contributed by atoms with Crippen molar-refractivity contribution in [1.29, 1.82) is 0 Å². The summed E-state index contributed by atoms with van der Waals surface area (Å²) in [5.41, 5.74) is 1.47. The highest BCUT2D eigenvalue weighted by Crippen LogP contribution is 2.30. The zero-order valence-electron chi connectivity index (χ0n) is 8.90. The van der Waals surface area contributed by atoms with E-state index in [1.807, 2.05) is 0 Å². The van der Waals surface area contributed by atoms with Crippen molar-refractivity contribution in [2.24, 2.45) is 0 Å². The topological polar surface area (TPSA) is 34.1 Å². The molecule has 18 heavy (non-hydrogen) atoms. The Labute approximate surface area is 120 Å². The van der Waals surface area contributed by atoms with Gasteiger partial charge in [-0.3, -0.25) is 0 Å². The minimum atomic E-state index is -3.74. The Morgan fingerprint density at radius 3 is 2.11 bits per heavy atom. The molecule has 0 radical (unpaired) electrons. The third-order valence-electron chi connectivity index (χ3n) is 2.37. The van der Waals surface area contributed by atoms with E-state index in [-0.39, 0.29) is 4.90 Å². The molecular weight excluding hydrogens is 315 g/mol. The third kappa shape index (κ3) is 2.98. The molecule has 0 aromatic heterocycles. The highest BCUT2D eigenvalue weighted by atomic mass is 35.7. The van der Waals surface area contributed by atoms with Crippen LogP contribution in [0.15, 0.2) is 47.4 Å². The van der Waals surface area contributed by atoms with Gasteiger partial charge < -0.3 is 0 Å². The minimum absolute atomic E-state index is 0.0488. The first-order chi connectivity index (χ1) is 8.38. The molecule has 2 nitrogen and oxygen atoms in total. The third-order valence-corrected chi connectivity index (χ3v) is 4.46. The Bertz CT molecular complexity index is 696. The molecule has 0 fully saturated rings. The van der Waals surface area contributed by atoms with E-state index in [2.05, 4.69) is 0 Å². The quantitative estimate of drug-likeness (QED) is 0.758. The maximum absolute atomic E-state index is 11.3. The largest absolute Gasteiger partial charge is 0.261 e. The molecule has 0 amide bonds. The fraction of sp³-hybridized carbons (Fsp3) is 0. The monoisotopic (exact) mass is 320 g/mol. The van der Waals surface area contributed by atoms with Crippen LogP contribution in [0.25, 0.3) is 11.1 Å². The number of rotatable bonds is 2. The first-order valence-electron chi connectivity index (χ1n) is 4.88. The molecule has 0 unspecified atom stereocenters. The molecular formula is C12H7Cl3O2S. The summed E-state index contributed by atoms with van der Waals surface area (Å²) in [7, 11) is 1.56. The summed E-state index contributed by atoms with van der Waals surface area (Å²) in [5, 5.41) is 0.856. The van der Waals surface area contributed by atoms with Crippen LogP contribution in [0.3, 0.4) is 0 Å². The van der Waals surface area contributed by atoms with Crippen molar-refractivity contribution >= 4 is 42.9 Å². The van der Waals surface area contributed by atoms with E-state index in [4.69, 9.17) is 33.9 Å². The van der Waals surface area contributed by atoms with Gasteiger partial charge in [0.2, 0.25) is 0 Å². The van der Waals surface area contributed by atoms with Crippen molar-refractivity contribution in [2.75, 3.05) is 0 Å². The molecule has 0 aliphatic rings. The van der Waals surface area contributed by atoms with Gasteiger partial charge in [-0.05, 0) is 35.4 Å². The molecule has 2 rings (SSSR count). The summed E-state index contributed by atoms with van der Waals surface area (Å²) >= 11 is 11.7. The molecule has 2 aromatic rings. The van der Waals surface area contributed by atoms with Gasteiger partial charge in [0.1, 0.15) is 0 Å². The molecule has 0 heterocycles. The van der Waals surface area contributed by atoms with Gasteiger partial charge in [-0.25, -0.2) is 8.42 Å². The number of benzene rings is 2. The summed E-state index contributed by atoms with van der Waals surface area (Å²) in [5.74, 6) is 0. The van der Waals surface area contributed by atoms with Crippen molar-refractivity contribution in [3.05, 3.63) is 52.5 Å². The summed E-state index contributed by atoms with van der Waals surface area (Å²) in [6.45, 7) is 0. The lowest BCUT2D eigenvalue weighted by Gasteiger charge is -2.05. The average molecular weight is 322 g/mol. The standard InChI is InChI=1S/C12H7Cl3O2S/c13-11-5-4-9(7-12(11)14)8-2-1-3-10(6-8)18(15,16)17/h1-7H. The first kappa shape index (κ1) is 13.7. The van der Waals surface area contributed by atoms with E-state index in [1.165, 1.54) is 12.1 Å². The smallest absolute Gasteiger partial charge is 0.207 e. The Balaban J connectivity index is 2.55. The SMILES string of the molecule is O=S(=O)(Cl)c1cccc(-c2ccc(Cl)c(Cl)c2)c1. The fourth-order valence-corrected chi connectivity index (χ4v) is 2.60. The summed E-state index contributed by atoms with van der Waals surface area (Å²) in [6.07, 6.45) is 0. The molecule has 0 spiro atoms. The lowest BCUT2D eigenvalue weighted by molar-refractivity contribution is 0.609. The van der Waals surface area contributed by atoms with Crippen molar-refractivity contribution < 1.29 is 8.42 Å². The van der Waals surface area contributed by atoms with Crippen LogP contribution in [-0.2, 0) is 9.05 Å². The van der Waals surface area contributed by atoms with Gasteiger partial charge in [0.25, 0.3) is 9.05 Å². The van der Waals surface area contributed by atoms with Crippen LogP contribution in [0.4, 0.5) is 0 Å². The number of halogens is 3. The van der Waals surface area contributed by atoms with E-state index in [0.29, 0.717) is 15.6 Å². The first-order valence-corrected chi connectivity index (χ1v) is 7.94. The van der Waals surface area contributed by atoms with Gasteiger partial charge in [-0.1, -0.05) is 41.4 Å². The van der Waals surface area contributed by atoms with Gasteiger partial charge >= 0.3 is 0 Å². The van der Waals surface area contributed by atoms with Crippen LogP contribution < -0.4 is 0 Å². The van der Waals surface area contributed by atoms with Crippen molar-refractivity contribution in [2.45, 2.75) is 4.90 Å². The molecule has 0 aliphatic carbocycles. The van der Waals surface area contributed by atoms with Crippen LogP contribution in [0.5, 0.6) is 0 Å². The minimum Gasteiger partial charge on any atom is -0.207 e. The van der Waals surface area contributed by atoms with Crippen molar-refractivity contribution in [3.63, 3.8) is 0 Å². The van der Waals surface area contributed by atoms with Crippen LogP contribution in [0.2, 0.25) is 10.0 Å². The van der Waals surface area contributed by atoms with Gasteiger partial charge in [-0.2, -0.15) is 0 Å². The molecule has 0 saturated heterocycles. The van der Waals surface area contributed by atoms with Crippen LogP contribution >= 0.6 is 33.9 Å². The molecule has 6 heteroatoms. The predicted octanol–water partition coefficient (Wildman–Crippen LogP) is 4.59.